The van der Waals surface area contributed by atoms with E-state index in [1.54, 1.807) is 24.4 Å². The van der Waals surface area contributed by atoms with Crippen LogP contribution >= 0.6 is 15.9 Å². The van der Waals surface area contributed by atoms with Crippen LogP contribution in [0.3, 0.4) is 0 Å². The van der Waals surface area contributed by atoms with Gasteiger partial charge in [0.15, 0.2) is 0 Å². The molecule has 250 valence electrons. The van der Waals surface area contributed by atoms with E-state index in [0.717, 1.165) is 16.6 Å². The number of nitrogen functional groups attached to an aromatic ring is 2. The number of nitriles is 2. The monoisotopic (exact) mass is 716 g/mol. The largest absolute Gasteiger partial charge is 0.494 e. The molecule has 48 heavy (non-hydrogen) atoms. The quantitative estimate of drug-likeness (QED) is 0.160. The molecule has 4 aromatic rings. The molecule has 0 saturated carbocycles. The van der Waals surface area contributed by atoms with Gasteiger partial charge in [-0.3, -0.25) is 0 Å². The molecule has 8 nitrogen and oxygen atoms in total. The molecule has 0 unspecified atom stereocenters. The van der Waals surface area contributed by atoms with Gasteiger partial charge in [0.05, 0.1) is 11.2 Å². The Hall–Kier alpha value is -4.36. The standard InChI is InChI=1S/C15H14FN3.C12H15BN2O2.C9H11BrFN/c1-9(2)13-6-11(16)7-14(15(13)18)10-3-4-19-12(5-10)8-17;1-11(2)12(3,4)17-13(16-11)9-5-6-15-10(7-9)8-14;1-5(2)7-3-6(11)4-8(10)9(7)12/h3-7,9H,18H2,1-2H3;5-7H,1-4H3;3-5H,12H2,1-2H3. The van der Waals surface area contributed by atoms with Gasteiger partial charge < -0.3 is 20.8 Å². The van der Waals surface area contributed by atoms with Crippen molar-refractivity contribution in [2.75, 3.05) is 11.5 Å². The van der Waals surface area contributed by atoms with E-state index in [1.807, 2.05) is 73.6 Å². The van der Waals surface area contributed by atoms with Gasteiger partial charge in [-0.25, -0.2) is 18.7 Å². The maximum atomic E-state index is 13.7. The lowest BCUT2D eigenvalue weighted by atomic mass is 9.79. The molecule has 0 spiro atoms. The second-order valence-corrected chi connectivity index (χ2v) is 13.7. The second-order valence-electron chi connectivity index (χ2n) is 12.9. The summed E-state index contributed by atoms with van der Waals surface area (Å²) < 4.78 is 39.0. The van der Waals surface area contributed by atoms with Crippen molar-refractivity contribution in [3.63, 3.8) is 0 Å². The van der Waals surface area contributed by atoms with Gasteiger partial charge in [0.25, 0.3) is 0 Å². The fourth-order valence-corrected chi connectivity index (χ4v) is 5.18. The second kappa shape index (κ2) is 15.7. The molecule has 1 aliphatic rings. The van der Waals surface area contributed by atoms with Crippen LogP contribution in [0.4, 0.5) is 20.2 Å². The van der Waals surface area contributed by atoms with Crippen molar-refractivity contribution in [1.29, 1.82) is 10.5 Å². The lowest BCUT2D eigenvalue weighted by Crippen LogP contribution is -2.41. The number of aromatic nitrogens is 2. The molecule has 12 heteroatoms. The number of rotatable bonds is 4. The number of nitrogens with zero attached hydrogens (tertiary/aromatic N) is 4. The van der Waals surface area contributed by atoms with Crippen molar-refractivity contribution in [1.82, 2.24) is 9.97 Å². The Morgan fingerprint density at radius 2 is 1.23 bits per heavy atom. The molecule has 0 aliphatic carbocycles. The lowest BCUT2D eigenvalue weighted by molar-refractivity contribution is 0.00578. The summed E-state index contributed by atoms with van der Waals surface area (Å²) in [6.07, 6.45) is 3.12. The molecular weight excluding hydrogens is 677 g/mol. The Morgan fingerprint density at radius 3 is 1.75 bits per heavy atom. The van der Waals surface area contributed by atoms with Crippen molar-refractivity contribution >= 4 is 39.9 Å². The summed E-state index contributed by atoms with van der Waals surface area (Å²) >= 11 is 3.20. The van der Waals surface area contributed by atoms with Gasteiger partial charge in [-0.15, -0.1) is 0 Å². The molecule has 2 aromatic carbocycles. The van der Waals surface area contributed by atoms with E-state index in [1.165, 1.54) is 30.5 Å². The maximum Gasteiger partial charge on any atom is 0.494 e. The van der Waals surface area contributed by atoms with Gasteiger partial charge in [-0.2, -0.15) is 10.5 Å². The van der Waals surface area contributed by atoms with Gasteiger partial charge in [0, 0.05) is 33.8 Å². The summed E-state index contributed by atoms with van der Waals surface area (Å²) in [4.78, 5) is 7.83. The fourth-order valence-electron chi connectivity index (χ4n) is 4.73. The number of halogens is 3. The molecule has 2 aromatic heterocycles. The van der Waals surface area contributed by atoms with Crippen LogP contribution in [-0.4, -0.2) is 28.3 Å². The first-order valence-electron chi connectivity index (χ1n) is 15.3. The average Bonchev–Trinajstić information content (AvgIpc) is 3.26. The smallest absolute Gasteiger partial charge is 0.399 e. The number of benzene rings is 2. The molecule has 0 radical (unpaired) electrons. The van der Waals surface area contributed by atoms with Gasteiger partial charge in [0.2, 0.25) is 0 Å². The van der Waals surface area contributed by atoms with Crippen molar-refractivity contribution in [3.05, 3.63) is 99.5 Å². The third kappa shape index (κ3) is 9.16. The van der Waals surface area contributed by atoms with Crippen LogP contribution in [0.5, 0.6) is 0 Å². The molecule has 5 rings (SSSR count). The Morgan fingerprint density at radius 1 is 0.750 bits per heavy atom. The highest BCUT2D eigenvalue weighted by Crippen LogP contribution is 2.37. The number of anilines is 2. The third-order valence-corrected chi connectivity index (χ3v) is 8.81. The van der Waals surface area contributed by atoms with Crippen LogP contribution in [0.1, 0.15) is 89.7 Å². The van der Waals surface area contributed by atoms with Crippen molar-refractivity contribution in [2.45, 2.75) is 78.4 Å². The SMILES string of the molecule is CC(C)c1cc(F)cc(-c2ccnc(C#N)c2)c1N.CC(C)c1cc(F)cc(Br)c1N.CC1(C)OB(c2ccnc(C#N)c2)OC1(C)C. The van der Waals surface area contributed by atoms with Crippen molar-refractivity contribution < 1.29 is 18.1 Å². The molecule has 0 amide bonds. The molecule has 1 saturated heterocycles. The predicted octanol–water partition coefficient (Wildman–Crippen LogP) is 8.01. The van der Waals surface area contributed by atoms with Crippen LogP contribution in [-0.2, 0) is 9.31 Å². The van der Waals surface area contributed by atoms with Crippen LogP contribution in [0.2, 0.25) is 0 Å². The van der Waals surface area contributed by atoms with Gasteiger partial charge in [0.1, 0.15) is 35.2 Å². The Kier molecular flexibility index (Phi) is 12.5. The molecule has 3 heterocycles. The fraction of sp³-hybridized carbons (Fsp3) is 0.333. The minimum Gasteiger partial charge on any atom is -0.399 e. The predicted molar refractivity (Wildman–Crippen MR) is 190 cm³/mol. The van der Waals surface area contributed by atoms with E-state index in [2.05, 4.69) is 25.9 Å². The number of pyridine rings is 2. The van der Waals surface area contributed by atoms with Crippen molar-refractivity contribution in [2.24, 2.45) is 0 Å². The van der Waals surface area contributed by atoms with Crippen LogP contribution in [0.15, 0.2) is 65.4 Å². The van der Waals surface area contributed by atoms with E-state index in [0.29, 0.717) is 32.7 Å². The van der Waals surface area contributed by atoms with Crippen LogP contribution in [0.25, 0.3) is 11.1 Å². The summed E-state index contributed by atoms with van der Waals surface area (Å²) in [5.74, 6) is -0.202. The highest BCUT2D eigenvalue weighted by atomic mass is 79.9. The summed E-state index contributed by atoms with van der Waals surface area (Å²) in [6, 6.07) is 16.5. The first kappa shape index (κ1) is 38.1. The maximum absolute atomic E-state index is 13.7. The zero-order valence-corrected chi connectivity index (χ0v) is 30.0. The molecule has 0 atom stereocenters. The molecule has 1 aliphatic heterocycles. The minimum atomic E-state index is -0.435. The zero-order chi connectivity index (χ0) is 36.0. The van der Waals surface area contributed by atoms with Crippen LogP contribution in [0, 0.1) is 34.3 Å². The van der Waals surface area contributed by atoms with E-state index < -0.39 is 7.12 Å². The Labute approximate surface area is 290 Å². The highest BCUT2D eigenvalue weighted by molar-refractivity contribution is 9.10. The summed E-state index contributed by atoms with van der Waals surface area (Å²) in [5.41, 5.74) is 16.7. The van der Waals surface area contributed by atoms with E-state index in [9.17, 15) is 8.78 Å². The number of hydrogen-bond donors (Lipinski definition) is 2. The van der Waals surface area contributed by atoms with Crippen molar-refractivity contribution in [3.8, 4) is 23.3 Å². The van der Waals surface area contributed by atoms with Gasteiger partial charge in [-0.05, 0) is 126 Å². The highest BCUT2D eigenvalue weighted by Gasteiger charge is 2.51. The molecule has 0 bridgehead atoms. The van der Waals surface area contributed by atoms with Gasteiger partial charge in [-0.1, -0.05) is 27.7 Å². The Balaban J connectivity index is 0.000000200. The topological polar surface area (TPSA) is 144 Å². The first-order valence-corrected chi connectivity index (χ1v) is 16.1. The average molecular weight is 717 g/mol. The third-order valence-electron chi connectivity index (χ3n) is 8.16. The normalized spacial score (nSPS) is 14.4. The minimum absolute atomic E-state index is 0.131. The van der Waals surface area contributed by atoms with Gasteiger partial charge >= 0.3 is 7.12 Å². The van der Waals surface area contributed by atoms with E-state index in [-0.39, 0.29) is 40.4 Å². The molecular formula is C36H40BBrF2N6O2. The zero-order valence-electron chi connectivity index (χ0n) is 28.4. The van der Waals surface area contributed by atoms with E-state index in [4.69, 9.17) is 31.3 Å². The summed E-state index contributed by atoms with van der Waals surface area (Å²) in [5, 5.41) is 17.7. The molecule has 4 N–H and O–H groups in total. The summed E-state index contributed by atoms with van der Waals surface area (Å²) in [6.45, 7) is 15.9. The number of hydrogen-bond acceptors (Lipinski definition) is 8. The first-order chi connectivity index (χ1) is 22.4. The summed E-state index contributed by atoms with van der Waals surface area (Å²) in [7, 11) is -0.435. The van der Waals surface area contributed by atoms with Crippen LogP contribution < -0.4 is 16.9 Å². The van der Waals surface area contributed by atoms with E-state index >= 15 is 0 Å². The Bertz CT molecular complexity index is 1840. The number of nitrogens with two attached hydrogens (primary N) is 2. The molecule has 1 fully saturated rings. The lowest BCUT2D eigenvalue weighted by Gasteiger charge is -2.32.